The molecule has 1 amide bonds. The van der Waals surface area contributed by atoms with Crippen LogP contribution in [0.2, 0.25) is 5.02 Å². The number of benzene rings is 2. The zero-order valence-electron chi connectivity index (χ0n) is 15.4. The molecule has 1 fully saturated rings. The van der Waals surface area contributed by atoms with Crippen molar-refractivity contribution < 1.29 is 13.7 Å². The quantitative estimate of drug-likeness (QED) is 0.638. The molecule has 0 saturated carbocycles. The van der Waals surface area contributed by atoms with E-state index in [1.54, 1.807) is 6.07 Å². The molecule has 0 radical (unpaired) electrons. The lowest BCUT2D eigenvalue weighted by atomic mass is 10.1. The molecule has 0 bridgehead atoms. The minimum Gasteiger partial charge on any atom is -0.342 e. The van der Waals surface area contributed by atoms with E-state index in [9.17, 15) is 9.18 Å². The molecule has 0 N–H and O–H groups in total. The van der Waals surface area contributed by atoms with Crippen LogP contribution < -0.4 is 0 Å². The summed E-state index contributed by atoms with van der Waals surface area (Å²) in [6.07, 6.45) is 1.14. The Hall–Kier alpha value is -2.73. The number of nitrogens with zero attached hydrogens (tertiary/aromatic N) is 3. The smallest absolute Gasteiger partial charge is 0.232 e. The van der Waals surface area contributed by atoms with Gasteiger partial charge in [-0.2, -0.15) is 4.98 Å². The van der Waals surface area contributed by atoms with Gasteiger partial charge in [0, 0.05) is 25.1 Å². The molecule has 144 valence electrons. The van der Waals surface area contributed by atoms with Crippen molar-refractivity contribution in [2.24, 2.45) is 0 Å². The second kappa shape index (κ2) is 7.72. The Morgan fingerprint density at radius 3 is 2.93 bits per heavy atom. The Morgan fingerprint density at radius 1 is 1.29 bits per heavy atom. The number of carbonyl (C=O) groups is 1. The molecule has 7 heteroatoms. The van der Waals surface area contributed by atoms with Crippen LogP contribution >= 0.6 is 11.6 Å². The summed E-state index contributed by atoms with van der Waals surface area (Å²) in [5.41, 5.74) is 2.90. The van der Waals surface area contributed by atoms with Gasteiger partial charge in [-0.1, -0.05) is 46.6 Å². The number of likely N-dealkylation sites (tertiary alicyclic amines) is 1. The van der Waals surface area contributed by atoms with Gasteiger partial charge in [-0.25, -0.2) is 4.39 Å². The first kappa shape index (κ1) is 18.6. The lowest BCUT2D eigenvalue weighted by Crippen LogP contribution is -2.27. The highest BCUT2D eigenvalue weighted by Gasteiger charge is 2.34. The van der Waals surface area contributed by atoms with E-state index in [0.717, 1.165) is 6.42 Å². The molecule has 3 aromatic rings. The summed E-state index contributed by atoms with van der Waals surface area (Å²) >= 11 is 5.71. The number of rotatable bonds is 5. The van der Waals surface area contributed by atoms with Crippen LogP contribution in [-0.2, 0) is 11.2 Å². The fraction of sp³-hybridized carbons (Fsp3) is 0.286. The topological polar surface area (TPSA) is 59.2 Å². The summed E-state index contributed by atoms with van der Waals surface area (Å²) in [7, 11) is 0. The van der Waals surface area contributed by atoms with Gasteiger partial charge in [0.1, 0.15) is 5.82 Å². The molecule has 0 spiro atoms. The number of amides is 1. The van der Waals surface area contributed by atoms with Gasteiger partial charge in [0.2, 0.25) is 17.6 Å². The van der Waals surface area contributed by atoms with Crippen LogP contribution in [0.1, 0.15) is 29.4 Å². The maximum absolute atomic E-state index is 13.7. The van der Waals surface area contributed by atoms with Crippen LogP contribution in [-0.4, -0.2) is 34.0 Å². The average molecular weight is 400 g/mol. The number of aromatic nitrogens is 2. The van der Waals surface area contributed by atoms with Crippen molar-refractivity contribution in [3.8, 4) is 11.4 Å². The van der Waals surface area contributed by atoms with Crippen molar-refractivity contribution in [3.63, 3.8) is 0 Å². The molecule has 5 nitrogen and oxygen atoms in total. The number of hydrogen-bond acceptors (Lipinski definition) is 4. The molecule has 1 aliphatic rings. The predicted molar refractivity (Wildman–Crippen MR) is 104 cm³/mol. The number of aryl methyl sites for hydroxylation is 1. The van der Waals surface area contributed by atoms with Crippen molar-refractivity contribution in [1.29, 1.82) is 0 Å². The first-order chi connectivity index (χ1) is 13.5. The van der Waals surface area contributed by atoms with Gasteiger partial charge in [-0.3, -0.25) is 4.79 Å². The zero-order chi connectivity index (χ0) is 19.7. The van der Waals surface area contributed by atoms with E-state index in [2.05, 4.69) is 35.3 Å². The normalized spacial score (nSPS) is 16.8. The largest absolute Gasteiger partial charge is 0.342 e. The third-order valence-electron chi connectivity index (χ3n) is 4.94. The standard InChI is InChI=1S/C21H19ClFN3O2/c1-13-3-2-4-14(9-13)7-8-26-12-16(11-19(26)27)21-24-20(25-28-21)15-5-6-17(22)18(23)10-15/h2-6,9-10,16H,7-8,11-12H2,1H3. The molecule has 4 rings (SSSR count). The summed E-state index contributed by atoms with van der Waals surface area (Å²) in [6.45, 7) is 3.25. The van der Waals surface area contributed by atoms with Crippen LogP contribution in [0.15, 0.2) is 47.0 Å². The molecule has 1 aromatic heterocycles. The molecule has 0 aliphatic carbocycles. The van der Waals surface area contributed by atoms with Gasteiger partial charge < -0.3 is 9.42 Å². The maximum atomic E-state index is 13.7. The first-order valence-electron chi connectivity index (χ1n) is 9.12. The Balaban J connectivity index is 1.42. The second-order valence-electron chi connectivity index (χ2n) is 7.06. The Kier molecular flexibility index (Phi) is 5.13. The van der Waals surface area contributed by atoms with Crippen LogP contribution in [0.25, 0.3) is 11.4 Å². The van der Waals surface area contributed by atoms with E-state index in [1.165, 1.54) is 23.3 Å². The summed E-state index contributed by atoms with van der Waals surface area (Å²) in [5, 5.41) is 3.97. The molecule has 2 aromatic carbocycles. The van der Waals surface area contributed by atoms with Gasteiger partial charge in [0.15, 0.2) is 0 Å². The fourth-order valence-corrected chi connectivity index (χ4v) is 3.56. The fourth-order valence-electron chi connectivity index (χ4n) is 3.44. The maximum Gasteiger partial charge on any atom is 0.232 e. The molecule has 1 unspecified atom stereocenters. The third-order valence-corrected chi connectivity index (χ3v) is 5.24. The molecule has 28 heavy (non-hydrogen) atoms. The highest BCUT2D eigenvalue weighted by molar-refractivity contribution is 6.30. The van der Waals surface area contributed by atoms with E-state index < -0.39 is 5.82 Å². The van der Waals surface area contributed by atoms with E-state index in [4.69, 9.17) is 16.1 Å². The molecule has 1 atom stereocenters. The van der Waals surface area contributed by atoms with Gasteiger partial charge in [0.05, 0.1) is 10.9 Å². The van der Waals surface area contributed by atoms with Crippen LogP contribution in [0.3, 0.4) is 0 Å². The zero-order valence-corrected chi connectivity index (χ0v) is 16.1. The molecule has 1 aliphatic heterocycles. The summed E-state index contributed by atoms with van der Waals surface area (Å²) < 4.78 is 19.0. The molecular formula is C21H19ClFN3O2. The van der Waals surface area contributed by atoms with E-state index in [0.29, 0.717) is 31.0 Å². The Morgan fingerprint density at radius 2 is 2.14 bits per heavy atom. The number of halogens is 2. The lowest BCUT2D eigenvalue weighted by molar-refractivity contribution is -0.127. The highest BCUT2D eigenvalue weighted by atomic mass is 35.5. The SMILES string of the molecule is Cc1cccc(CCN2CC(c3nc(-c4ccc(Cl)c(F)c4)no3)CC2=O)c1. The number of carbonyl (C=O) groups excluding carboxylic acids is 1. The summed E-state index contributed by atoms with van der Waals surface area (Å²) in [5.74, 6) is 0.0789. The van der Waals surface area contributed by atoms with Gasteiger partial charge in [-0.15, -0.1) is 0 Å². The monoisotopic (exact) mass is 399 g/mol. The van der Waals surface area contributed by atoms with Gasteiger partial charge >= 0.3 is 0 Å². The van der Waals surface area contributed by atoms with Crippen molar-refractivity contribution in [2.45, 2.75) is 25.7 Å². The van der Waals surface area contributed by atoms with Crippen molar-refractivity contribution in [2.75, 3.05) is 13.1 Å². The van der Waals surface area contributed by atoms with E-state index in [-0.39, 0.29) is 22.7 Å². The van der Waals surface area contributed by atoms with E-state index >= 15 is 0 Å². The van der Waals surface area contributed by atoms with Crippen LogP contribution in [0.5, 0.6) is 0 Å². The number of hydrogen-bond donors (Lipinski definition) is 0. The van der Waals surface area contributed by atoms with Crippen LogP contribution in [0.4, 0.5) is 4.39 Å². The average Bonchev–Trinajstić information content (AvgIpc) is 3.29. The minimum absolute atomic E-state index is 0.0399. The molecular weight excluding hydrogens is 381 g/mol. The van der Waals surface area contributed by atoms with Crippen molar-refractivity contribution >= 4 is 17.5 Å². The summed E-state index contributed by atoms with van der Waals surface area (Å²) in [6, 6.07) is 12.6. The lowest BCUT2D eigenvalue weighted by Gasteiger charge is -2.16. The highest BCUT2D eigenvalue weighted by Crippen LogP contribution is 2.29. The first-order valence-corrected chi connectivity index (χ1v) is 9.50. The molecule has 1 saturated heterocycles. The Labute approximate surface area is 167 Å². The van der Waals surface area contributed by atoms with Crippen molar-refractivity contribution in [1.82, 2.24) is 15.0 Å². The van der Waals surface area contributed by atoms with Crippen molar-refractivity contribution in [3.05, 3.63) is 70.3 Å². The summed E-state index contributed by atoms with van der Waals surface area (Å²) in [4.78, 5) is 18.6. The predicted octanol–water partition coefficient (Wildman–Crippen LogP) is 4.40. The second-order valence-corrected chi connectivity index (χ2v) is 7.47. The molecule has 2 heterocycles. The van der Waals surface area contributed by atoms with Crippen LogP contribution in [0, 0.1) is 12.7 Å². The minimum atomic E-state index is -0.538. The third kappa shape index (κ3) is 3.92. The Bertz CT molecular complexity index is 1020. The van der Waals surface area contributed by atoms with E-state index in [1.807, 2.05) is 11.0 Å². The van der Waals surface area contributed by atoms with Gasteiger partial charge in [0.25, 0.3) is 0 Å². The van der Waals surface area contributed by atoms with Gasteiger partial charge in [-0.05, 0) is 37.1 Å².